The number of nitrogens with two attached hydrogens (primary N) is 1. The Balaban J connectivity index is 2.11. The van der Waals surface area contributed by atoms with Crippen LogP contribution in [0, 0.1) is 5.92 Å². The van der Waals surface area contributed by atoms with Crippen LogP contribution in [-0.2, 0) is 4.79 Å². The number of amides is 3. The van der Waals surface area contributed by atoms with Crippen LogP contribution in [0.1, 0.15) is 12.8 Å². The summed E-state index contributed by atoms with van der Waals surface area (Å²) in [7, 11) is 0. The van der Waals surface area contributed by atoms with Gasteiger partial charge in [-0.1, -0.05) is 0 Å². The van der Waals surface area contributed by atoms with Gasteiger partial charge in [-0.2, -0.15) is 0 Å². The van der Waals surface area contributed by atoms with Crippen molar-refractivity contribution in [2.75, 3.05) is 13.1 Å². The normalized spacial score (nSPS) is 24.8. The number of hydrogen-bond acceptors (Lipinski definition) is 3. The summed E-state index contributed by atoms with van der Waals surface area (Å²) in [5, 5.41) is 2.50. The molecule has 1 aliphatic carbocycles. The number of hydrogen-bond donors (Lipinski definition) is 2. The molecule has 1 unspecified atom stereocenters. The third-order valence-corrected chi connectivity index (χ3v) is 2.62. The topological polar surface area (TPSA) is 75.4 Å². The number of carbonyl (C=O) groups is 2. The van der Waals surface area contributed by atoms with Gasteiger partial charge in [0, 0.05) is 6.54 Å². The van der Waals surface area contributed by atoms with Crippen LogP contribution < -0.4 is 11.1 Å². The third kappa shape index (κ3) is 1.39. The van der Waals surface area contributed by atoms with Crippen LogP contribution in [0.2, 0.25) is 0 Å². The molecule has 0 aromatic rings. The summed E-state index contributed by atoms with van der Waals surface area (Å²) < 4.78 is 0. The smallest absolute Gasteiger partial charge is 0.324 e. The first kappa shape index (κ1) is 8.50. The Kier molecular flexibility index (Phi) is 1.95. The first-order valence-corrected chi connectivity index (χ1v) is 4.54. The lowest BCUT2D eigenvalue weighted by Crippen LogP contribution is -2.46. The Morgan fingerprint density at radius 2 is 2.23 bits per heavy atom. The fraction of sp³-hybridized carbons (Fsp3) is 0.750. The molecule has 1 saturated heterocycles. The highest BCUT2D eigenvalue weighted by molar-refractivity contribution is 6.02. The van der Waals surface area contributed by atoms with Gasteiger partial charge in [-0.25, -0.2) is 4.79 Å². The van der Waals surface area contributed by atoms with E-state index < -0.39 is 0 Å². The zero-order chi connectivity index (χ0) is 9.42. The van der Waals surface area contributed by atoms with Crippen molar-refractivity contribution in [2.24, 2.45) is 11.7 Å². The van der Waals surface area contributed by atoms with Crippen molar-refractivity contribution in [3.05, 3.63) is 0 Å². The van der Waals surface area contributed by atoms with Crippen molar-refractivity contribution >= 4 is 11.9 Å². The summed E-state index contributed by atoms with van der Waals surface area (Å²) >= 11 is 0. The van der Waals surface area contributed by atoms with Crippen LogP contribution in [0.15, 0.2) is 0 Å². The van der Waals surface area contributed by atoms with Gasteiger partial charge in [0.2, 0.25) is 5.91 Å². The van der Waals surface area contributed by atoms with E-state index in [1.807, 2.05) is 0 Å². The van der Waals surface area contributed by atoms with E-state index in [4.69, 9.17) is 5.73 Å². The molecule has 1 saturated carbocycles. The molecule has 0 bridgehead atoms. The van der Waals surface area contributed by atoms with Gasteiger partial charge in [0.25, 0.3) is 0 Å². The number of nitrogens with one attached hydrogen (secondary N) is 1. The van der Waals surface area contributed by atoms with Gasteiger partial charge < -0.3 is 11.1 Å². The average molecular weight is 183 g/mol. The fourth-order valence-electron chi connectivity index (χ4n) is 1.76. The van der Waals surface area contributed by atoms with Gasteiger partial charge in [-0.15, -0.1) is 0 Å². The summed E-state index contributed by atoms with van der Waals surface area (Å²) in [6.45, 7) is 0.506. The first-order chi connectivity index (χ1) is 6.24. The van der Waals surface area contributed by atoms with Gasteiger partial charge in [0.15, 0.2) is 0 Å². The first-order valence-electron chi connectivity index (χ1n) is 4.54. The standard InChI is InChI=1S/C8H13N3O2/c9-3-6(5-1-2-5)11-7(12)4-10-8(11)13/h5-6H,1-4,9H2,(H,10,13). The van der Waals surface area contributed by atoms with Crippen molar-refractivity contribution in [1.82, 2.24) is 10.2 Å². The second-order valence-corrected chi connectivity index (χ2v) is 3.56. The molecule has 3 amide bonds. The molecule has 0 aromatic carbocycles. The van der Waals surface area contributed by atoms with E-state index in [0.29, 0.717) is 12.5 Å². The summed E-state index contributed by atoms with van der Waals surface area (Å²) in [6, 6.07) is -0.359. The highest BCUT2D eigenvalue weighted by Crippen LogP contribution is 2.35. The molecule has 72 valence electrons. The van der Waals surface area contributed by atoms with Crippen LogP contribution in [0.25, 0.3) is 0 Å². The van der Waals surface area contributed by atoms with E-state index in [-0.39, 0.29) is 24.5 Å². The molecule has 2 aliphatic rings. The third-order valence-electron chi connectivity index (χ3n) is 2.62. The molecule has 13 heavy (non-hydrogen) atoms. The zero-order valence-electron chi connectivity index (χ0n) is 7.32. The number of urea groups is 1. The molecule has 0 radical (unpaired) electrons. The second kappa shape index (κ2) is 2.99. The lowest BCUT2D eigenvalue weighted by atomic mass is 10.1. The van der Waals surface area contributed by atoms with Crippen molar-refractivity contribution in [2.45, 2.75) is 18.9 Å². The molecule has 0 spiro atoms. The van der Waals surface area contributed by atoms with Gasteiger partial charge in [0.05, 0.1) is 12.6 Å². The summed E-state index contributed by atoms with van der Waals surface area (Å²) in [6.07, 6.45) is 2.16. The lowest BCUT2D eigenvalue weighted by molar-refractivity contribution is -0.126. The van der Waals surface area contributed by atoms with E-state index in [0.717, 1.165) is 12.8 Å². The predicted octanol–water partition coefficient (Wildman–Crippen LogP) is -0.725. The number of nitrogens with zero attached hydrogens (tertiary/aromatic N) is 1. The van der Waals surface area contributed by atoms with Crippen LogP contribution in [0.5, 0.6) is 0 Å². The van der Waals surface area contributed by atoms with E-state index in [1.54, 1.807) is 0 Å². The Bertz CT molecular complexity index is 234. The Labute approximate surface area is 76.3 Å². The average Bonchev–Trinajstić information content (AvgIpc) is 2.88. The fourth-order valence-corrected chi connectivity index (χ4v) is 1.76. The van der Waals surface area contributed by atoms with Crippen molar-refractivity contribution < 1.29 is 9.59 Å². The molecule has 5 nitrogen and oxygen atoms in total. The molecule has 5 heteroatoms. The second-order valence-electron chi connectivity index (χ2n) is 3.56. The predicted molar refractivity (Wildman–Crippen MR) is 45.8 cm³/mol. The molecule has 1 heterocycles. The molecule has 2 fully saturated rings. The van der Waals surface area contributed by atoms with Crippen LogP contribution in [0.3, 0.4) is 0 Å². The SMILES string of the molecule is NCC(C1CC1)N1C(=O)CNC1=O. The molecule has 1 aliphatic heterocycles. The minimum absolute atomic E-state index is 0.0741. The summed E-state index contributed by atoms with van der Waals surface area (Å²) in [4.78, 5) is 23.8. The van der Waals surface area contributed by atoms with Crippen molar-refractivity contribution in [1.29, 1.82) is 0 Å². The van der Waals surface area contributed by atoms with Crippen LogP contribution in [-0.4, -0.2) is 36.0 Å². The van der Waals surface area contributed by atoms with Gasteiger partial charge in [0.1, 0.15) is 0 Å². The largest absolute Gasteiger partial charge is 0.329 e. The van der Waals surface area contributed by atoms with Gasteiger partial charge >= 0.3 is 6.03 Å². The number of carbonyl (C=O) groups excluding carboxylic acids is 2. The Hall–Kier alpha value is -1.10. The molecule has 3 N–H and O–H groups in total. The van der Waals surface area contributed by atoms with Crippen molar-refractivity contribution in [3.8, 4) is 0 Å². The highest BCUT2D eigenvalue weighted by Gasteiger charge is 2.42. The van der Waals surface area contributed by atoms with Gasteiger partial charge in [-0.05, 0) is 18.8 Å². The highest BCUT2D eigenvalue weighted by atomic mass is 16.2. The van der Waals surface area contributed by atoms with E-state index in [2.05, 4.69) is 5.32 Å². The van der Waals surface area contributed by atoms with Crippen LogP contribution >= 0.6 is 0 Å². The molecule has 1 atom stereocenters. The summed E-state index contributed by atoms with van der Waals surface area (Å²) in [5.74, 6) is 0.296. The zero-order valence-corrected chi connectivity index (χ0v) is 7.32. The van der Waals surface area contributed by atoms with Crippen molar-refractivity contribution in [3.63, 3.8) is 0 Å². The molecular formula is C8H13N3O2. The Morgan fingerprint density at radius 1 is 1.54 bits per heavy atom. The maximum absolute atomic E-state index is 11.3. The quantitative estimate of drug-likeness (QED) is 0.567. The maximum Gasteiger partial charge on any atom is 0.324 e. The van der Waals surface area contributed by atoms with E-state index >= 15 is 0 Å². The molecular weight excluding hydrogens is 170 g/mol. The maximum atomic E-state index is 11.3. The summed E-state index contributed by atoms with van der Waals surface area (Å²) in [5.41, 5.74) is 5.54. The Morgan fingerprint density at radius 3 is 2.62 bits per heavy atom. The monoisotopic (exact) mass is 183 g/mol. The molecule has 2 rings (SSSR count). The number of rotatable bonds is 3. The van der Waals surface area contributed by atoms with Gasteiger partial charge in [-0.3, -0.25) is 9.69 Å². The van der Waals surface area contributed by atoms with Crippen LogP contribution in [0.4, 0.5) is 4.79 Å². The minimum atomic E-state index is -0.285. The van der Waals surface area contributed by atoms with E-state index in [1.165, 1.54) is 4.90 Å². The van der Waals surface area contributed by atoms with E-state index in [9.17, 15) is 9.59 Å². The molecule has 0 aromatic heterocycles. The number of imide groups is 1. The lowest BCUT2D eigenvalue weighted by Gasteiger charge is -2.23. The minimum Gasteiger partial charge on any atom is -0.329 e.